The Morgan fingerprint density at radius 3 is 2.95 bits per heavy atom. The molecule has 4 nitrogen and oxygen atoms in total. The molecule has 1 aliphatic carbocycles. The first kappa shape index (κ1) is 12.4. The zero-order valence-electron chi connectivity index (χ0n) is 11.0. The van der Waals surface area contributed by atoms with E-state index in [2.05, 4.69) is 10.3 Å². The zero-order chi connectivity index (χ0) is 13.1. The van der Waals surface area contributed by atoms with Gasteiger partial charge in [0.15, 0.2) is 0 Å². The molecule has 0 amide bonds. The number of hydrogen-bond acceptors (Lipinski definition) is 3. The standard InChI is InChI=1S/C15H19N3O/c19-15-10-13(11-16-12-6-2-1-3-7-12)17-14-8-4-5-9-18(14)15/h4-5,8-10,12,16H,1-3,6-7,11H2. The van der Waals surface area contributed by atoms with Gasteiger partial charge in [0.2, 0.25) is 0 Å². The number of hydrogen-bond donors (Lipinski definition) is 1. The monoisotopic (exact) mass is 257 g/mol. The summed E-state index contributed by atoms with van der Waals surface area (Å²) in [6.07, 6.45) is 8.22. The summed E-state index contributed by atoms with van der Waals surface area (Å²) >= 11 is 0. The minimum Gasteiger partial charge on any atom is -0.308 e. The second kappa shape index (κ2) is 5.53. The van der Waals surface area contributed by atoms with Crippen LogP contribution in [0.3, 0.4) is 0 Å². The van der Waals surface area contributed by atoms with E-state index in [4.69, 9.17) is 0 Å². The van der Waals surface area contributed by atoms with Crippen molar-refractivity contribution in [2.45, 2.75) is 44.7 Å². The van der Waals surface area contributed by atoms with Gasteiger partial charge in [-0.25, -0.2) is 4.98 Å². The molecule has 2 aromatic heterocycles. The Bertz CT molecular complexity index is 614. The first-order chi connectivity index (χ1) is 9.33. The van der Waals surface area contributed by atoms with E-state index in [1.807, 2.05) is 18.2 Å². The Hall–Kier alpha value is -1.68. The van der Waals surface area contributed by atoms with Crippen LogP contribution in [0.25, 0.3) is 5.65 Å². The lowest BCUT2D eigenvalue weighted by molar-refractivity contribution is 0.371. The van der Waals surface area contributed by atoms with Crippen molar-refractivity contribution in [2.24, 2.45) is 0 Å². The van der Waals surface area contributed by atoms with Gasteiger partial charge in [-0.05, 0) is 25.0 Å². The van der Waals surface area contributed by atoms with Crippen LogP contribution in [-0.2, 0) is 6.54 Å². The topological polar surface area (TPSA) is 46.4 Å². The molecule has 3 rings (SSSR count). The highest BCUT2D eigenvalue weighted by Gasteiger charge is 2.12. The molecule has 19 heavy (non-hydrogen) atoms. The molecule has 100 valence electrons. The molecule has 1 aliphatic rings. The van der Waals surface area contributed by atoms with Crippen LogP contribution in [0.4, 0.5) is 0 Å². The van der Waals surface area contributed by atoms with Crippen LogP contribution in [0.2, 0.25) is 0 Å². The Balaban J connectivity index is 1.75. The lowest BCUT2D eigenvalue weighted by atomic mass is 9.95. The summed E-state index contributed by atoms with van der Waals surface area (Å²) in [5.41, 5.74) is 1.54. The van der Waals surface area contributed by atoms with E-state index in [-0.39, 0.29) is 5.56 Å². The van der Waals surface area contributed by atoms with Crippen LogP contribution < -0.4 is 10.9 Å². The second-order valence-electron chi connectivity index (χ2n) is 5.23. The van der Waals surface area contributed by atoms with Crippen LogP contribution >= 0.6 is 0 Å². The fraction of sp³-hybridized carbons (Fsp3) is 0.467. The number of aromatic nitrogens is 2. The number of nitrogens with one attached hydrogen (secondary N) is 1. The molecule has 1 fully saturated rings. The van der Waals surface area contributed by atoms with Crippen molar-refractivity contribution in [3.8, 4) is 0 Å². The van der Waals surface area contributed by atoms with E-state index in [1.54, 1.807) is 16.7 Å². The minimum absolute atomic E-state index is 0.00829. The average Bonchev–Trinajstić information content (AvgIpc) is 2.46. The fourth-order valence-electron chi connectivity index (χ4n) is 2.75. The highest BCUT2D eigenvalue weighted by atomic mass is 16.1. The Morgan fingerprint density at radius 2 is 2.11 bits per heavy atom. The van der Waals surface area contributed by atoms with Gasteiger partial charge in [0.25, 0.3) is 5.56 Å². The molecule has 2 heterocycles. The minimum atomic E-state index is -0.00829. The molecule has 0 saturated heterocycles. The normalized spacial score (nSPS) is 16.8. The van der Waals surface area contributed by atoms with Gasteiger partial charge < -0.3 is 5.32 Å². The summed E-state index contributed by atoms with van der Waals surface area (Å²) in [5, 5.41) is 3.52. The van der Waals surface area contributed by atoms with Crippen molar-refractivity contribution in [3.05, 3.63) is 46.5 Å². The van der Waals surface area contributed by atoms with E-state index >= 15 is 0 Å². The van der Waals surface area contributed by atoms with Gasteiger partial charge >= 0.3 is 0 Å². The summed E-state index contributed by atoms with van der Waals surface area (Å²) < 4.78 is 1.57. The predicted octanol–water partition coefficient (Wildman–Crippen LogP) is 2.12. The number of fused-ring (bicyclic) bond motifs is 1. The molecule has 0 atom stereocenters. The summed E-state index contributed by atoms with van der Waals surface area (Å²) in [7, 11) is 0. The molecule has 0 bridgehead atoms. The molecule has 0 aliphatic heterocycles. The second-order valence-corrected chi connectivity index (χ2v) is 5.23. The molecular weight excluding hydrogens is 238 g/mol. The smallest absolute Gasteiger partial charge is 0.258 e. The molecule has 0 unspecified atom stereocenters. The molecular formula is C15H19N3O. The third-order valence-electron chi connectivity index (χ3n) is 3.80. The maximum absolute atomic E-state index is 11.9. The Kier molecular flexibility index (Phi) is 3.60. The first-order valence-electron chi connectivity index (χ1n) is 7.04. The van der Waals surface area contributed by atoms with Crippen LogP contribution in [0.5, 0.6) is 0 Å². The van der Waals surface area contributed by atoms with Gasteiger partial charge in [-0.2, -0.15) is 0 Å². The van der Waals surface area contributed by atoms with E-state index < -0.39 is 0 Å². The van der Waals surface area contributed by atoms with Gasteiger partial charge in [-0.15, -0.1) is 0 Å². The summed E-state index contributed by atoms with van der Waals surface area (Å²) in [6, 6.07) is 7.83. The quantitative estimate of drug-likeness (QED) is 0.916. The van der Waals surface area contributed by atoms with Crippen LogP contribution in [-0.4, -0.2) is 15.4 Å². The maximum atomic E-state index is 11.9. The van der Waals surface area contributed by atoms with Crippen molar-refractivity contribution in [1.82, 2.24) is 14.7 Å². The fourth-order valence-corrected chi connectivity index (χ4v) is 2.75. The lowest BCUT2D eigenvalue weighted by Crippen LogP contribution is -2.31. The predicted molar refractivity (Wildman–Crippen MR) is 75.2 cm³/mol. The van der Waals surface area contributed by atoms with Crippen molar-refractivity contribution >= 4 is 5.65 Å². The highest BCUT2D eigenvalue weighted by Crippen LogP contribution is 2.17. The molecule has 0 spiro atoms. The van der Waals surface area contributed by atoms with Crippen LogP contribution in [0, 0.1) is 0 Å². The zero-order valence-corrected chi connectivity index (χ0v) is 11.0. The summed E-state index contributed by atoms with van der Waals surface area (Å²) in [4.78, 5) is 16.5. The SMILES string of the molecule is O=c1cc(CNC2CCCCC2)nc2ccccn12. The van der Waals surface area contributed by atoms with E-state index in [9.17, 15) is 4.79 Å². The number of nitrogens with zero attached hydrogens (tertiary/aromatic N) is 2. The van der Waals surface area contributed by atoms with Crippen molar-refractivity contribution in [1.29, 1.82) is 0 Å². The molecule has 1 saturated carbocycles. The third-order valence-corrected chi connectivity index (χ3v) is 3.80. The van der Waals surface area contributed by atoms with Crippen LogP contribution in [0.1, 0.15) is 37.8 Å². The van der Waals surface area contributed by atoms with Crippen molar-refractivity contribution in [2.75, 3.05) is 0 Å². The molecule has 2 aromatic rings. The van der Waals surface area contributed by atoms with Gasteiger partial charge in [0.1, 0.15) is 5.65 Å². The Labute approximate surface area is 112 Å². The molecule has 0 aromatic carbocycles. The van der Waals surface area contributed by atoms with Gasteiger partial charge in [-0.3, -0.25) is 9.20 Å². The van der Waals surface area contributed by atoms with E-state index in [0.717, 1.165) is 11.3 Å². The summed E-state index contributed by atoms with van der Waals surface area (Å²) in [6.45, 7) is 0.686. The Morgan fingerprint density at radius 1 is 1.26 bits per heavy atom. The largest absolute Gasteiger partial charge is 0.308 e. The van der Waals surface area contributed by atoms with Gasteiger partial charge in [-0.1, -0.05) is 25.3 Å². The highest BCUT2D eigenvalue weighted by molar-refractivity contribution is 5.37. The van der Waals surface area contributed by atoms with Crippen molar-refractivity contribution < 1.29 is 0 Å². The van der Waals surface area contributed by atoms with Gasteiger partial charge in [0.05, 0.1) is 5.69 Å². The van der Waals surface area contributed by atoms with E-state index in [0.29, 0.717) is 12.6 Å². The third kappa shape index (κ3) is 2.84. The van der Waals surface area contributed by atoms with Crippen LogP contribution in [0.15, 0.2) is 35.3 Å². The molecule has 1 N–H and O–H groups in total. The lowest BCUT2D eigenvalue weighted by Gasteiger charge is -2.22. The van der Waals surface area contributed by atoms with Crippen molar-refractivity contribution in [3.63, 3.8) is 0 Å². The molecule has 0 radical (unpaired) electrons. The summed E-state index contributed by atoms with van der Waals surface area (Å²) in [5.74, 6) is 0. The number of pyridine rings is 1. The number of rotatable bonds is 3. The van der Waals surface area contributed by atoms with E-state index in [1.165, 1.54) is 32.1 Å². The van der Waals surface area contributed by atoms with Gasteiger partial charge in [0, 0.05) is 24.8 Å². The first-order valence-corrected chi connectivity index (χ1v) is 7.04. The maximum Gasteiger partial charge on any atom is 0.258 e. The molecule has 4 heteroatoms. The average molecular weight is 257 g/mol.